The number of para-hydroxylation sites is 1. The quantitative estimate of drug-likeness (QED) is 0.345. The van der Waals surface area contributed by atoms with Crippen LogP contribution in [0.3, 0.4) is 0 Å². The second-order valence-corrected chi connectivity index (χ2v) is 14.3. The van der Waals surface area contributed by atoms with Crippen molar-refractivity contribution >= 4 is 39.3 Å². The third kappa shape index (κ3) is 6.16. The highest BCUT2D eigenvalue weighted by Crippen LogP contribution is 2.65. The molecule has 9 nitrogen and oxygen atoms in total. The van der Waals surface area contributed by atoms with E-state index in [-0.39, 0.29) is 30.2 Å². The normalized spacial score (nSPS) is 23.0. The van der Waals surface area contributed by atoms with Gasteiger partial charge in [0.2, 0.25) is 11.8 Å². The van der Waals surface area contributed by atoms with Crippen LogP contribution in [0.5, 0.6) is 0 Å². The molecule has 0 bridgehead atoms. The number of alkyl halides is 3. The fourth-order valence-corrected chi connectivity index (χ4v) is 7.30. The molecule has 0 spiro atoms. The number of thiazole rings is 1. The van der Waals surface area contributed by atoms with Crippen LogP contribution < -0.4 is 10.6 Å². The lowest BCUT2D eigenvalue weighted by Gasteiger charge is -2.38. The number of aromatic nitrogens is 2. The van der Waals surface area contributed by atoms with Crippen LogP contribution >= 0.6 is 11.3 Å². The smallest absolute Gasteiger partial charge is 0.384 e. The number of likely N-dealkylation sites (tertiary alicyclic amines) is 1. The Morgan fingerprint density at radius 1 is 1.09 bits per heavy atom. The maximum absolute atomic E-state index is 14.1. The van der Waals surface area contributed by atoms with Crippen LogP contribution in [-0.4, -0.2) is 68.5 Å². The Morgan fingerprint density at radius 3 is 2.39 bits per heavy atom. The molecule has 3 unspecified atom stereocenters. The second kappa shape index (κ2) is 11.4. The maximum atomic E-state index is 14.1. The van der Waals surface area contributed by atoms with Gasteiger partial charge < -0.3 is 20.6 Å². The van der Waals surface area contributed by atoms with Gasteiger partial charge in [-0.1, -0.05) is 52.8 Å². The molecule has 5 rings (SSSR count). The van der Waals surface area contributed by atoms with Gasteiger partial charge in [-0.15, -0.1) is 11.3 Å². The van der Waals surface area contributed by atoms with Crippen LogP contribution in [-0.2, 0) is 20.8 Å². The van der Waals surface area contributed by atoms with E-state index in [4.69, 9.17) is 0 Å². The zero-order valence-electron chi connectivity index (χ0n) is 25.1. The number of halogens is 3. The maximum Gasteiger partial charge on any atom is 0.471 e. The lowest BCUT2D eigenvalue weighted by atomic mass is 9.85. The van der Waals surface area contributed by atoms with Crippen LogP contribution in [0.1, 0.15) is 51.4 Å². The summed E-state index contributed by atoms with van der Waals surface area (Å²) in [5, 5.41) is 16.7. The van der Waals surface area contributed by atoms with E-state index in [1.807, 2.05) is 43.4 Å². The van der Waals surface area contributed by atoms with Gasteiger partial charge in [0.25, 0.3) is 0 Å². The van der Waals surface area contributed by atoms with Gasteiger partial charge in [-0.25, -0.2) is 4.98 Å². The van der Waals surface area contributed by atoms with Crippen molar-refractivity contribution < 1.29 is 32.7 Å². The number of amides is 3. The number of fused-ring (bicyclic) bond motifs is 2. The van der Waals surface area contributed by atoms with Gasteiger partial charge in [0.05, 0.1) is 16.3 Å². The summed E-state index contributed by atoms with van der Waals surface area (Å²) < 4.78 is 40.4. The molecule has 3 heterocycles. The Hall–Kier alpha value is -3.58. The highest BCUT2D eigenvalue weighted by Gasteiger charge is 2.70. The SMILES string of the molecule is CC(C)(C)C(NC(=O)C(F)(F)F)C(=O)N1C[C@H]2[C@@H]([C@H]1C(=O)NC(Cc1ccccn1)C(O)c1nc3ccccc3s1)C2(C)C. The molecule has 1 aliphatic heterocycles. The lowest BCUT2D eigenvalue weighted by Crippen LogP contribution is -2.61. The molecule has 2 aromatic heterocycles. The number of nitrogens with one attached hydrogen (secondary N) is 2. The third-order valence-corrected chi connectivity index (χ3v) is 9.94. The predicted molar refractivity (Wildman–Crippen MR) is 158 cm³/mol. The van der Waals surface area contributed by atoms with Crippen molar-refractivity contribution in [1.82, 2.24) is 25.5 Å². The van der Waals surface area contributed by atoms with Crippen LogP contribution in [0.2, 0.25) is 0 Å². The fraction of sp³-hybridized carbons (Fsp3) is 0.516. The first-order valence-corrected chi connectivity index (χ1v) is 15.2. The molecule has 2 fully saturated rings. The van der Waals surface area contributed by atoms with Gasteiger partial charge in [-0.3, -0.25) is 19.4 Å². The van der Waals surface area contributed by atoms with Crippen molar-refractivity contribution in [3.8, 4) is 0 Å². The van der Waals surface area contributed by atoms with E-state index in [9.17, 15) is 32.7 Å². The summed E-state index contributed by atoms with van der Waals surface area (Å²) in [6, 6.07) is 9.33. The van der Waals surface area contributed by atoms with Gasteiger partial charge in [0, 0.05) is 24.9 Å². The van der Waals surface area contributed by atoms with E-state index in [1.165, 1.54) is 16.2 Å². The molecule has 0 radical (unpaired) electrons. The van der Waals surface area contributed by atoms with Crippen LogP contribution in [0, 0.1) is 22.7 Å². The fourth-order valence-electron chi connectivity index (χ4n) is 6.28. The molecule has 1 aliphatic carbocycles. The minimum atomic E-state index is -5.18. The van der Waals surface area contributed by atoms with Crippen LogP contribution in [0.25, 0.3) is 10.2 Å². The van der Waals surface area contributed by atoms with E-state index in [2.05, 4.69) is 15.3 Å². The largest absolute Gasteiger partial charge is 0.471 e. The van der Waals surface area contributed by atoms with E-state index in [1.54, 1.807) is 45.2 Å². The Kier molecular flexibility index (Phi) is 8.25. The number of pyridine rings is 1. The lowest BCUT2D eigenvalue weighted by molar-refractivity contribution is -0.176. The summed E-state index contributed by atoms with van der Waals surface area (Å²) in [5.41, 5.74) is -0.0393. The number of benzene rings is 1. The summed E-state index contributed by atoms with van der Waals surface area (Å²) in [5.74, 6) is -3.81. The van der Waals surface area contributed by atoms with E-state index < -0.39 is 53.5 Å². The number of carbonyl (C=O) groups is 3. The minimum absolute atomic E-state index is 0.0513. The molecule has 1 aromatic carbocycles. The summed E-state index contributed by atoms with van der Waals surface area (Å²) in [6.45, 7) is 8.79. The van der Waals surface area contributed by atoms with Gasteiger partial charge in [-0.2, -0.15) is 13.2 Å². The van der Waals surface area contributed by atoms with Crippen LogP contribution in [0.4, 0.5) is 13.2 Å². The Bertz CT molecular complexity index is 1520. The van der Waals surface area contributed by atoms with Crippen molar-refractivity contribution in [3.63, 3.8) is 0 Å². The Morgan fingerprint density at radius 2 is 1.77 bits per heavy atom. The number of nitrogens with zero attached hydrogens (tertiary/aromatic N) is 3. The Labute approximate surface area is 257 Å². The van der Waals surface area contributed by atoms with Crippen molar-refractivity contribution in [2.75, 3.05) is 6.54 Å². The third-order valence-electron chi connectivity index (χ3n) is 8.83. The van der Waals surface area contributed by atoms with E-state index in [0.29, 0.717) is 16.2 Å². The summed E-state index contributed by atoms with van der Waals surface area (Å²) in [6.07, 6.45) is -4.62. The molecule has 13 heteroatoms. The average Bonchev–Trinajstić information content (AvgIpc) is 3.32. The predicted octanol–water partition coefficient (Wildman–Crippen LogP) is 4.03. The molecule has 1 saturated heterocycles. The monoisotopic (exact) mass is 631 g/mol. The minimum Gasteiger partial charge on any atom is -0.384 e. The highest BCUT2D eigenvalue weighted by atomic mass is 32.1. The van der Waals surface area contributed by atoms with Gasteiger partial charge in [-0.05, 0) is 46.9 Å². The van der Waals surface area contributed by atoms with Crippen molar-refractivity contribution in [1.29, 1.82) is 0 Å². The number of aliphatic hydroxyl groups excluding tert-OH is 1. The molecule has 3 aromatic rings. The molecule has 236 valence electrons. The first kappa shape index (κ1) is 31.8. The van der Waals surface area contributed by atoms with E-state index >= 15 is 0 Å². The molecule has 2 aliphatic rings. The highest BCUT2D eigenvalue weighted by molar-refractivity contribution is 7.18. The molecular weight excluding hydrogens is 595 g/mol. The zero-order chi connectivity index (χ0) is 32.2. The first-order chi connectivity index (χ1) is 20.5. The average molecular weight is 632 g/mol. The number of rotatable bonds is 8. The second-order valence-electron chi connectivity index (χ2n) is 13.3. The zero-order valence-corrected chi connectivity index (χ0v) is 25.9. The van der Waals surface area contributed by atoms with Gasteiger partial charge in [0.15, 0.2) is 0 Å². The number of hydrogen-bond donors (Lipinski definition) is 3. The van der Waals surface area contributed by atoms with E-state index in [0.717, 1.165) is 4.70 Å². The molecule has 3 amide bonds. The number of piperidine rings is 1. The number of hydrogen-bond acceptors (Lipinski definition) is 7. The Balaban J connectivity index is 1.44. The number of carbonyl (C=O) groups excluding carboxylic acids is 3. The summed E-state index contributed by atoms with van der Waals surface area (Å²) in [7, 11) is 0. The van der Waals surface area contributed by atoms with Crippen molar-refractivity contribution in [2.24, 2.45) is 22.7 Å². The molecule has 1 saturated carbocycles. The van der Waals surface area contributed by atoms with Gasteiger partial charge in [0.1, 0.15) is 23.2 Å². The van der Waals surface area contributed by atoms with Crippen molar-refractivity contribution in [2.45, 2.75) is 71.4 Å². The first-order valence-electron chi connectivity index (χ1n) is 14.4. The number of aliphatic hydroxyl groups is 1. The van der Waals surface area contributed by atoms with Gasteiger partial charge >= 0.3 is 12.1 Å². The van der Waals surface area contributed by atoms with Crippen molar-refractivity contribution in [3.05, 3.63) is 59.4 Å². The summed E-state index contributed by atoms with van der Waals surface area (Å²) in [4.78, 5) is 50.1. The molecule has 3 N–H and O–H groups in total. The standard InChI is InChI=1S/C31H36F3N5O4S/c1-29(2,3)24(38-28(43)31(32,33)34)27(42)39-15-17-21(30(17,4)5)22(39)25(41)36-19(14-16-10-8-9-13-35-16)23(40)26-37-18-11-6-7-12-20(18)44-26/h6-13,17,19,21-24,40H,14-15H2,1-5H3,(H,36,41)(H,38,43)/t17-,19?,21-,22-,23?,24?/m0/s1. The molecule has 6 atom stereocenters. The summed E-state index contributed by atoms with van der Waals surface area (Å²) >= 11 is 1.30. The molecular formula is C31H36F3N5O4S. The van der Waals surface area contributed by atoms with Crippen LogP contribution in [0.15, 0.2) is 48.7 Å². The topological polar surface area (TPSA) is 125 Å². The molecule has 44 heavy (non-hydrogen) atoms.